The van der Waals surface area contributed by atoms with Gasteiger partial charge in [0.2, 0.25) is 0 Å². The van der Waals surface area contributed by atoms with E-state index in [4.69, 9.17) is 0 Å². The molecule has 6 heteroatoms. The third-order valence-electron chi connectivity index (χ3n) is 3.91. The number of amides is 1. The van der Waals surface area contributed by atoms with Gasteiger partial charge in [0.05, 0.1) is 5.69 Å². The van der Waals surface area contributed by atoms with E-state index in [0.29, 0.717) is 17.4 Å². The highest BCUT2D eigenvalue weighted by Crippen LogP contribution is 2.31. The van der Waals surface area contributed by atoms with Crippen LogP contribution in [0.4, 0.5) is 5.13 Å². The zero-order valence-electron chi connectivity index (χ0n) is 14.3. The molecule has 5 nitrogen and oxygen atoms in total. The van der Waals surface area contributed by atoms with Gasteiger partial charge in [0.25, 0.3) is 5.91 Å². The standard InChI is InChI=1S/C18H20N4OS/c1-5-22-15(6-7-19-22)17(23)21-18-20-14(10-24-18)16-12(3)8-11(2)9-13(16)4/h6-10H,5H2,1-4H3,(H,20,21,23). The van der Waals surface area contributed by atoms with Crippen LogP contribution in [0.5, 0.6) is 0 Å². The second-order valence-corrected chi connectivity index (χ2v) is 6.66. The molecule has 0 saturated heterocycles. The maximum Gasteiger partial charge on any atom is 0.275 e. The van der Waals surface area contributed by atoms with Gasteiger partial charge in [-0.15, -0.1) is 11.3 Å². The lowest BCUT2D eigenvalue weighted by molar-refractivity contribution is 0.101. The van der Waals surface area contributed by atoms with Crippen LogP contribution in [0.3, 0.4) is 0 Å². The number of aryl methyl sites for hydroxylation is 4. The molecular weight excluding hydrogens is 320 g/mol. The fourth-order valence-corrected chi connectivity index (χ4v) is 3.67. The van der Waals surface area contributed by atoms with Gasteiger partial charge < -0.3 is 0 Å². The molecule has 0 unspecified atom stereocenters. The molecule has 24 heavy (non-hydrogen) atoms. The molecule has 124 valence electrons. The number of aromatic nitrogens is 3. The number of benzene rings is 1. The highest BCUT2D eigenvalue weighted by molar-refractivity contribution is 7.14. The second-order valence-electron chi connectivity index (χ2n) is 5.80. The molecule has 0 radical (unpaired) electrons. The first kappa shape index (κ1) is 16.4. The molecule has 1 aromatic carbocycles. The normalized spacial score (nSPS) is 10.8. The minimum atomic E-state index is -0.187. The number of rotatable bonds is 4. The molecule has 2 heterocycles. The highest BCUT2D eigenvalue weighted by atomic mass is 32.1. The van der Waals surface area contributed by atoms with E-state index in [1.807, 2.05) is 12.3 Å². The summed E-state index contributed by atoms with van der Waals surface area (Å²) in [6.45, 7) is 8.88. The fraction of sp³-hybridized carbons (Fsp3) is 0.278. The van der Waals surface area contributed by atoms with E-state index in [2.05, 4.69) is 48.3 Å². The molecule has 3 aromatic rings. The van der Waals surface area contributed by atoms with Gasteiger partial charge in [-0.3, -0.25) is 14.8 Å². The Morgan fingerprint density at radius 1 is 1.25 bits per heavy atom. The summed E-state index contributed by atoms with van der Waals surface area (Å²) >= 11 is 1.43. The molecule has 2 aromatic heterocycles. The van der Waals surface area contributed by atoms with Crippen LogP contribution in [0.1, 0.15) is 34.1 Å². The van der Waals surface area contributed by atoms with Gasteiger partial charge in [-0.25, -0.2) is 4.98 Å². The van der Waals surface area contributed by atoms with Crippen LogP contribution in [0, 0.1) is 20.8 Å². The van der Waals surface area contributed by atoms with E-state index in [0.717, 1.165) is 11.3 Å². The van der Waals surface area contributed by atoms with Crippen LogP contribution in [0.2, 0.25) is 0 Å². The zero-order valence-corrected chi connectivity index (χ0v) is 15.1. The van der Waals surface area contributed by atoms with E-state index in [9.17, 15) is 4.79 Å². The Kier molecular flexibility index (Phi) is 4.49. The van der Waals surface area contributed by atoms with Crippen molar-refractivity contribution in [3.05, 3.63) is 52.2 Å². The number of nitrogens with zero attached hydrogens (tertiary/aromatic N) is 3. The topological polar surface area (TPSA) is 59.8 Å². The smallest absolute Gasteiger partial charge is 0.275 e. The van der Waals surface area contributed by atoms with Gasteiger partial charge in [0.1, 0.15) is 5.69 Å². The van der Waals surface area contributed by atoms with E-state index >= 15 is 0 Å². The van der Waals surface area contributed by atoms with Crippen LogP contribution in [0.15, 0.2) is 29.8 Å². The van der Waals surface area contributed by atoms with Crippen molar-refractivity contribution in [1.29, 1.82) is 0 Å². The number of carbonyl (C=O) groups excluding carboxylic acids is 1. The molecule has 0 atom stereocenters. The van der Waals surface area contributed by atoms with Gasteiger partial charge in [-0.1, -0.05) is 17.7 Å². The van der Waals surface area contributed by atoms with Crippen molar-refractivity contribution in [3.63, 3.8) is 0 Å². The Bertz CT molecular complexity index is 871. The Labute approximate surface area is 145 Å². The average molecular weight is 340 g/mol. The number of hydrogen-bond donors (Lipinski definition) is 1. The largest absolute Gasteiger partial charge is 0.296 e. The van der Waals surface area contributed by atoms with Gasteiger partial charge >= 0.3 is 0 Å². The Morgan fingerprint density at radius 2 is 1.96 bits per heavy atom. The maximum atomic E-state index is 12.4. The third kappa shape index (κ3) is 3.10. The predicted octanol–water partition coefficient (Wildman–Crippen LogP) is 4.20. The molecular formula is C18H20N4OS. The molecule has 1 amide bonds. The zero-order chi connectivity index (χ0) is 17.3. The summed E-state index contributed by atoms with van der Waals surface area (Å²) in [7, 11) is 0. The number of anilines is 1. The van der Waals surface area contributed by atoms with Gasteiger partial charge in [-0.05, 0) is 44.9 Å². The van der Waals surface area contributed by atoms with Crippen molar-refractivity contribution in [3.8, 4) is 11.3 Å². The molecule has 1 N–H and O–H groups in total. The van der Waals surface area contributed by atoms with Crippen molar-refractivity contribution in [2.24, 2.45) is 0 Å². The first-order valence-electron chi connectivity index (χ1n) is 7.86. The average Bonchev–Trinajstić information content (AvgIpc) is 3.15. The van der Waals surface area contributed by atoms with Gasteiger partial charge in [0, 0.05) is 23.7 Å². The minimum Gasteiger partial charge on any atom is -0.296 e. The van der Waals surface area contributed by atoms with Crippen LogP contribution in [-0.4, -0.2) is 20.7 Å². The monoisotopic (exact) mass is 340 g/mol. The Hall–Kier alpha value is -2.47. The lowest BCUT2D eigenvalue weighted by Crippen LogP contribution is -2.17. The van der Waals surface area contributed by atoms with Crippen LogP contribution < -0.4 is 5.32 Å². The van der Waals surface area contributed by atoms with Crippen molar-refractivity contribution in [1.82, 2.24) is 14.8 Å². The third-order valence-corrected chi connectivity index (χ3v) is 4.66. The van der Waals surface area contributed by atoms with Crippen LogP contribution in [0.25, 0.3) is 11.3 Å². The number of carbonyl (C=O) groups is 1. The quantitative estimate of drug-likeness (QED) is 0.774. The second kappa shape index (κ2) is 6.57. The molecule has 0 aliphatic heterocycles. The van der Waals surface area contributed by atoms with E-state index in [-0.39, 0.29) is 5.91 Å². The number of nitrogens with one attached hydrogen (secondary N) is 1. The van der Waals surface area contributed by atoms with Crippen molar-refractivity contribution in [2.45, 2.75) is 34.2 Å². The molecule has 0 fully saturated rings. The molecule has 0 aliphatic carbocycles. The van der Waals surface area contributed by atoms with Crippen molar-refractivity contribution in [2.75, 3.05) is 5.32 Å². The summed E-state index contributed by atoms with van der Waals surface area (Å²) in [4.78, 5) is 17.0. The first-order chi connectivity index (χ1) is 11.5. The predicted molar refractivity (Wildman–Crippen MR) is 97.6 cm³/mol. The first-order valence-corrected chi connectivity index (χ1v) is 8.74. The van der Waals surface area contributed by atoms with Gasteiger partial charge in [0.15, 0.2) is 5.13 Å². The molecule has 0 saturated carbocycles. The summed E-state index contributed by atoms with van der Waals surface area (Å²) in [6.07, 6.45) is 1.63. The van der Waals surface area contributed by atoms with Crippen LogP contribution >= 0.6 is 11.3 Å². The Morgan fingerprint density at radius 3 is 2.62 bits per heavy atom. The minimum absolute atomic E-state index is 0.187. The summed E-state index contributed by atoms with van der Waals surface area (Å²) in [6, 6.07) is 6.01. The molecule has 0 aliphatic rings. The summed E-state index contributed by atoms with van der Waals surface area (Å²) in [5, 5.41) is 9.57. The fourth-order valence-electron chi connectivity index (χ4n) is 2.97. The van der Waals surface area contributed by atoms with Crippen LogP contribution in [-0.2, 0) is 6.54 Å². The summed E-state index contributed by atoms with van der Waals surface area (Å²) in [5.41, 5.74) is 6.20. The Balaban J connectivity index is 1.85. The van der Waals surface area contributed by atoms with Gasteiger partial charge in [-0.2, -0.15) is 5.10 Å². The van der Waals surface area contributed by atoms with Crippen molar-refractivity contribution < 1.29 is 4.79 Å². The highest BCUT2D eigenvalue weighted by Gasteiger charge is 2.15. The summed E-state index contributed by atoms with van der Waals surface area (Å²) in [5.74, 6) is -0.187. The molecule has 0 bridgehead atoms. The number of thiazole rings is 1. The van der Waals surface area contributed by atoms with E-state index < -0.39 is 0 Å². The molecule has 0 spiro atoms. The van der Waals surface area contributed by atoms with E-state index in [1.54, 1.807) is 16.9 Å². The number of hydrogen-bond acceptors (Lipinski definition) is 4. The SMILES string of the molecule is CCn1nccc1C(=O)Nc1nc(-c2c(C)cc(C)cc2C)cs1. The maximum absolute atomic E-state index is 12.4. The van der Waals surface area contributed by atoms with E-state index in [1.165, 1.54) is 28.0 Å². The lowest BCUT2D eigenvalue weighted by atomic mass is 9.98. The molecule has 3 rings (SSSR count). The summed E-state index contributed by atoms with van der Waals surface area (Å²) < 4.78 is 1.66. The van der Waals surface area contributed by atoms with Crippen molar-refractivity contribution >= 4 is 22.4 Å². The lowest BCUT2D eigenvalue weighted by Gasteiger charge is -2.08.